The first-order valence-corrected chi connectivity index (χ1v) is 5.17. The minimum atomic E-state index is -4.03. The molecule has 0 aromatic heterocycles. The Morgan fingerprint density at radius 3 is 2.17 bits per heavy atom. The van der Waals surface area contributed by atoms with Gasteiger partial charge in [-0.25, -0.2) is 8.42 Å². The second kappa shape index (κ2) is 3.80. The molecule has 5 heteroatoms. The van der Waals surface area contributed by atoms with E-state index in [0.717, 1.165) is 6.42 Å². The molecular formula is C7H9KO3S. The van der Waals surface area contributed by atoms with Crippen LogP contribution in [0.4, 0.5) is 0 Å². The molecule has 0 aliphatic heterocycles. The van der Waals surface area contributed by atoms with Crippen molar-refractivity contribution in [3.05, 3.63) is 12.2 Å². The van der Waals surface area contributed by atoms with Gasteiger partial charge in [-0.15, -0.1) is 0 Å². The molecular weight excluding hydrogens is 203 g/mol. The van der Waals surface area contributed by atoms with Crippen LogP contribution >= 0.6 is 0 Å². The Morgan fingerprint density at radius 1 is 1.25 bits per heavy atom. The Hall–Kier alpha value is 1.29. The maximum absolute atomic E-state index is 10.6. The number of fused-ring (bicyclic) bond motifs is 2. The summed E-state index contributed by atoms with van der Waals surface area (Å²) < 4.78 is 31.9. The maximum Gasteiger partial charge on any atom is 1.00 e. The second-order valence-electron chi connectivity index (χ2n) is 3.31. The van der Waals surface area contributed by atoms with Crippen molar-refractivity contribution < 1.29 is 64.4 Å². The number of rotatable bonds is 1. The first kappa shape index (κ1) is 11.4. The molecule has 0 aromatic carbocycles. The van der Waals surface area contributed by atoms with Gasteiger partial charge in [-0.1, -0.05) is 12.2 Å². The van der Waals surface area contributed by atoms with Gasteiger partial charge < -0.3 is 4.55 Å². The SMILES string of the molecule is O=S(=O)([O-])C1CC2C=CC1C2.[K+]. The molecule has 1 saturated carbocycles. The Bertz CT molecular complexity index is 296. The Labute approximate surface area is 115 Å². The summed E-state index contributed by atoms with van der Waals surface area (Å²) in [5.74, 6) is 0.372. The first-order chi connectivity index (χ1) is 5.07. The third-order valence-corrected chi connectivity index (χ3v) is 3.87. The average molecular weight is 212 g/mol. The van der Waals surface area contributed by atoms with Crippen LogP contribution in [0, 0.1) is 11.8 Å². The van der Waals surface area contributed by atoms with Crippen LogP contribution < -0.4 is 51.4 Å². The zero-order valence-corrected chi connectivity index (χ0v) is 10.9. The van der Waals surface area contributed by atoms with Gasteiger partial charge in [-0.2, -0.15) is 0 Å². The summed E-state index contributed by atoms with van der Waals surface area (Å²) in [6.45, 7) is 0. The van der Waals surface area contributed by atoms with Crippen molar-refractivity contribution in [1.29, 1.82) is 0 Å². The molecule has 3 nitrogen and oxygen atoms in total. The van der Waals surface area contributed by atoms with E-state index >= 15 is 0 Å². The zero-order chi connectivity index (χ0) is 8.06. The van der Waals surface area contributed by atoms with Crippen molar-refractivity contribution in [2.45, 2.75) is 18.1 Å². The molecule has 3 unspecified atom stereocenters. The fourth-order valence-electron chi connectivity index (χ4n) is 2.06. The number of hydrogen-bond acceptors (Lipinski definition) is 3. The summed E-state index contributed by atoms with van der Waals surface area (Å²) in [4.78, 5) is 0. The topological polar surface area (TPSA) is 57.2 Å². The normalized spacial score (nSPS) is 38.2. The molecule has 0 heterocycles. The Morgan fingerprint density at radius 2 is 1.92 bits per heavy atom. The molecule has 0 amide bonds. The quantitative estimate of drug-likeness (QED) is 0.274. The monoisotopic (exact) mass is 212 g/mol. The molecule has 2 bridgehead atoms. The van der Waals surface area contributed by atoms with Crippen LogP contribution in [0.25, 0.3) is 0 Å². The van der Waals surface area contributed by atoms with Gasteiger partial charge in [0.05, 0.1) is 15.4 Å². The van der Waals surface area contributed by atoms with Crippen molar-refractivity contribution in [1.82, 2.24) is 0 Å². The Balaban J connectivity index is 0.000000720. The van der Waals surface area contributed by atoms with Crippen LogP contribution in [-0.4, -0.2) is 18.2 Å². The smallest absolute Gasteiger partial charge is 0.748 e. The van der Waals surface area contributed by atoms with E-state index in [1.54, 1.807) is 0 Å². The summed E-state index contributed by atoms with van der Waals surface area (Å²) >= 11 is 0. The van der Waals surface area contributed by atoms with Crippen LogP contribution in [0.15, 0.2) is 12.2 Å². The molecule has 0 N–H and O–H groups in total. The summed E-state index contributed by atoms with van der Waals surface area (Å²) in [5, 5.41) is -0.627. The van der Waals surface area contributed by atoms with Crippen LogP contribution in [0.5, 0.6) is 0 Å². The van der Waals surface area contributed by atoms with E-state index in [1.807, 2.05) is 12.2 Å². The molecule has 3 atom stereocenters. The molecule has 0 radical (unpaired) electrons. The molecule has 1 fully saturated rings. The predicted molar refractivity (Wildman–Crippen MR) is 38.8 cm³/mol. The van der Waals surface area contributed by atoms with E-state index in [-0.39, 0.29) is 57.3 Å². The fourth-order valence-corrected chi connectivity index (χ4v) is 3.18. The molecule has 2 aliphatic rings. The van der Waals surface area contributed by atoms with Crippen molar-refractivity contribution in [2.75, 3.05) is 0 Å². The minimum Gasteiger partial charge on any atom is -0.748 e. The van der Waals surface area contributed by atoms with Crippen LogP contribution in [0.3, 0.4) is 0 Å². The van der Waals surface area contributed by atoms with E-state index in [2.05, 4.69) is 0 Å². The van der Waals surface area contributed by atoms with E-state index < -0.39 is 15.4 Å². The van der Waals surface area contributed by atoms with E-state index in [1.165, 1.54) is 0 Å². The third-order valence-electron chi connectivity index (χ3n) is 2.59. The van der Waals surface area contributed by atoms with Crippen molar-refractivity contribution >= 4 is 10.1 Å². The summed E-state index contributed by atoms with van der Waals surface area (Å²) in [6, 6.07) is 0. The largest absolute Gasteiger partial charge is 1.00 e. The van der Waals surface area contributed by atoms with Gasteiger partial charge in [0.2, 0.25) is 0 Å². The Kier molecular flexibility index (Phi) is 3.60. The van der Waals surface area contributed by atoms with Crippen molar-refractivity contribution in [3.8, 4) is 0 Å². The molecule has 0 aromatic rings. The summed E-state index contributed by atoms with van der Waals surface area (Å²) in [6.07, 6.45) is 5.31. The fraction of sp³-hybridized carbons (Fsp3) is 0.714. The van der Waals surface area contributed by atoms with Gasteiger partial charge in [-0.3, -0.25) is 0 Å². The van der Waals surface area contributed by atoms with Gasteiger partial charge in [-0.05, 0) is 24.7 Å². The van der Waals surface area contributed by atoms with Gasteiger partial charge in [0.1, 0.15) is 0 Å². The van der Waals surface area contributed by atoms with Crippen molar-refractivity contribution in [3.63, 3.8) is 0 Å². The predicted octanol–water partition coefficient (Wildman–Crippen LogP) is -2.50. The van der Waals surface area contributed by atoms with E-state index in [9.17, 15) is 13.0 Å². The molecule has 0 spiro atoms. The van der Waals surface area contributed by atoms with Crippen molar-refractivity contribution in [2.24, 2.45) is 11.8 Å². The van der Waals surface area contributed by atoms with Crippen LogP contribution in [0.2, 0.25) is 0 Å². The molecule has 2 aliphatic carbocycles. The molecule has 2 rings (SSSR count). The van der Waals surface area contributed by atoms with E-state index in [0.29, 0.717) is 12.3 Å². The van der Waals surface area contributed by atoms with Gasteiger partial charge >= 0.3 is 51.4 Å². The average Bonchev–Trinajstić information content (AvgIpc) is 2.42. The first-order valence-electron chi connectivity index (χ1n) is 3.70. The second-order valence-corrected chi connectivity index (χ2v) is 4.90. The van der Waals surface area contributed by atoms with Gasteiger partial charge in [0, 0.05) is 0 Å². The summed E-state index contributed by atoms with van der Waals surface area (Å²) in [5.41, 5.74) is 0. The molecule has 12 heavy (non-hydrogen) atoms. The third kappa shape index (κ3) is 2.02. The standard InChI is InChI=1S/C7H10O3S.K/c8-11(9,10)7-4-5-1-2-6(7)3-5;/h1-2,5-7H,3-4H2,(H,8,9,10);/q;+1/p-1. The zero-order valence-electron chi connectivity index (χ0n) is 6.93. The minimum absolute atomic E-state index is 0. The van der Waals surface area contributed by atoms with Gasteiger partial charge in [0.25, 0.3) is 0 Å². The van der Waals surface area contributed by atoms with Crippen LogP contribution in [0.1, 0.15) is 12.8 Å². The number of hydrogen-bond donors (Lipinski definition) is 0. The van der Waals surface area contributed by atoms with Crippen LogP contribution in [-0.2, 0) is 10.1 Å². The molecule has 0 saturated heterocycles. The van der Waals surface area contributed by atoms with E-state index in [4.69, 9.17) is 0 Å². The number of allylic oxidation sites excluding steroid dienone is 2. The summed E-state index contributed by atoms with van der Waals surface area (Å²) in [7, 11) is -4.03. The maximum atomic E-state index is 10.6. The molecule has 62 valence electrons. The van der Waals surface area contributed by atoms with Gasteiger partial charge in [0.15, 0.2) is 0 Å².